The van der Waals surface area contributed by atoms with Crippen LogP contribution in [0.1, 0.15) is 37.8 Å². The van der Waals surface area contributed by atoms with Crippen LogP contribution in [-0.4, -0.2) is 30.5 Å². The van der Waals surface area contributed by atoms with Crippen molar-refractivity contribution in [3.05, 3.63) is 11.1 Å². The summed E-state index contributed by atoms with van der Waals surface area (Å²) in [6.07, 6.45) is 6.77. The summed E-state index contributed by atoms with van der Waals surface area (Å²) in [5, 5.41) is 6.30. The van der Waals surface area contributed by atoms with Crippen molar-refractivity contribution in [2.75, 3.05) is 24.5 Å². The zero-order valence-electron chi connectivity index (χ0n) is 11.2. The van der Waals surface area contributed by atoms with Crippen molar-refractivity contribution in [2.45, 2.75) is 38.5 Å². The van der Waals surface area contributed by atoms with Crippen LogP contribution in [0.3, 0.4) is 0 Å². The molecule has 104 valence electrons. The van der Waals surface area contributed by atoms with Crippen LogP contribution in [0.15, 0.2) is 5.38 Å². The maximum Gasteiger partial charge on any atom is 0.223 e. The number of nitrogens with one attached hydrogen (secondary N) is 1. The SMILES string of the molecule is O=C(NCCc1csc(N2CCCC2)n1)C1CCC1. The Kier molecular flexibility index (Phi) is 4.01. The van der Waals surface area contributed by atoms with Crippen LogP contribution in [0.5, 0.6) is 0 Å². The quantitative estimate of drug-likeness (QED) is 0.899. The first-order valence-electron chi connectivity index (χ1n) is 7.30. The smallest absolute Gasteiger partial charge is 0.223 e. The fraction of sp³-hybridized carbons (Fsp3) is 0.714. The summed E-state index contributed by atoms with van der Waals surface area (Å²) in [5.74, 6) is 0.525. The highest BCUT2D eigenvalue weighted by Crippen LogP contribution is 2.26. The molecule has 2 heterocycles. The molecule has 19 heavy (non-hydrogen) atoms. The fourth-order valence-corrected chi connectivity index (χ4v) is 3.51. The van der Waals surface area contributed by atoms with Gasteiger partial charge < -0.3 is 10.2 Å². The lowest BCUT2D eigenvalue weighted by atomic mass is 9.85. The van der Waals surface area contributed by atoms with E-state index in [2.05, 4.69) is 20.6 Å². The van der Waals surface area contributed by atoms with Crippen LogP contribution in [-0.2, 0) is 11.2 Å². The Bertz CT molecular complexity index is 436. The first kappa shape index (κ1) is 12.9. The number of hydrogen-bond acceptors (Lipinski definition) is 4. The summed E-state index contributed by atoms with van der Waals surface area (Å²) in [6.45, 7) is 3.01. The van der Waals surface area contributed by atoms with Gasteiger partial charge >= 0.3 is 0 Å². The van der Waals surface area contributed by atoms with Gasteiger partial charge in [0.25, 0.3) is 0 Å². The minimum absolute atomic E-state index is 0.237. The largest absolute Gasteiger partial charge is 0.355 e. The Morgan fingerprint density at radius 2 is 2.16 bits per heavy atom. The Hall–Kier alpha value is -1.10. The number of anilines is 1. The van der Waals surface area contributed by atoms with E-state index >= 15 is 0 Å². The van der Waals surface area contributed by atoms with Crippen molar-refractivity contribution in [3.63, 3.8) is 0 Å². The third-order valence-corrected chi connectivity index (χ3v) is 5.02. The molecule has 1 saturated carbocycles. The molecule has 1 aliphatic heterocycles. The summed E-state index contributed by atoms with van der Waals surface area (Å²) in [4.78, 5) is 18.7. The molecule has 0 unspecified atom stereocenters. The Labute approximate surface area is 118 Å². The molecule has 1 aliphatic carbocycles. The predicted molar refractivity (Wildman–Crippen MR) is 77.6 cm³/mol. The monoisotopic (exact) mass is 279 g/mol. The Morgan fingerprint density at radius 3 is 2.84 bits per heavy atom. The topological polar surface area (TPSA) is 45.2 Å². The maximum absolute atomic E-state index is 11.7. The first-order chi connectivity index (χ1) is 9.33. The number of carbonyl (C=O) groups excluding carboxylic acids is 1. The van der Waals surface area contributed by atoms with Gasteiger partial charge in [0, 0.05) is 37.4 Å². The second-order valence-corrected chi connectivity index (χ2v) is 6.32. The lowest BCUT2D eigenvalue weighted by Crippen LogP contribution is -2.35. The van der Waals surface area contributed by atoms with Gasteiger partial charge in [-0.2, -0.15) is 0 Å². The number of carbonyl (C=O) groups is 1. The molecule has 4 nitrogen and oxygen atoms in total. The molecule has 1 N–H and O–H groups in total. The second kappa shape index (κ2) is 5.90. The van der Waals surface area contributed by atoms with Gasteiger partial charge in [0.1, 0.15) is 0 Å². The molecular weight excluding hydrogens is 258 g/mol. The van der Waals surface area contributed by atoms with Gasteiger partial charge in [-0.1, -0.05) is 6.42 Å². The minimum Gasteiger partial charge on any atom is -0.355 e. The molecular formula is C14H21N3OS. The number of amides is 1. The van der Waals surface area contributed by atoms with Crippen molar-refractivity contribution >= 4 is 22.4 Å². The average Bonchev–Trinajstić information content (AvgIpc) is 2.96. The standard InChI is InChI=1S/C14H21N3OS/c18-13(11-4-3-5-11)15-7-6-12-10-19-14(16-12)17-8-1-2-9-17/h10-11H,1-9H2,(H,15,18). The van der Waals surface area contributed by atoms with E-state index in [-0.39, 0.29) is 11.8 Å². The van der Waals surface area contributed by atoms with Gasteiger partial charge in [0.15, 0.2) is 5.13 Å². The zero-order valence-corrected chi connectivity index (χ0v) is 12.0. The van der Waals surface area contributed by atoms with E-state index in [1.54, 1.807) is 11.3 Å². The normalized spacial score (nSPS) is 19.5. The summed E-state index contributed by atoms with van der Waals surface area (Å²) in [7, 11) is 0. The maximum atomic E-state index is 11.7. The molecule has 0 bridgehead atoms. The number of thiazole rings is 1. The van der Waals surface area contributed by atoms with E-state index in [1.165, 1.54) is 19.3 Å². The molecule has 2 aliphatic rings. The van der Waals surface area contributed by atoms with Crippen molar-refractivity contribution in [1.82, 2.24) is 10.3 Å². The van der Waals surface area contributed by atoms with Crippen LogP contribution in [0.25, 0.3) is 0 Å². The van der Waals surface area contributed by atoms with Gasteiger partial charge in [0.2, 0.25) is 5.91 Å². The van der Waals surface area contributed by atoms with E-state index in [1.807, 2.05) is 0 Å². The van der Waals surface area contributed by atoms with Crippen molar-refractivity contribution in [2.24, 2.45) is 5.92 Å². The number of hydrogen-bond donors (Lipinski definition) is 1. The molecule has 0 radical (unpaired) electrons. The zero-order chi connectivity index (χ0) is 13.1. The highest BCUT2D eigenvalue weighted by atomic mass is 32.1. The molecule has 5 heteroatoms. The molecule has 1 amide bonds. The Morgan fingerprint density at radius 1 is 1.37 bits per heavy atom. The molecule has 1 aromatic heterocycles. The van der Waals surface area contributed by atoms with Crippen LogP contribution in [0, 0.1) is 5.92 Å². The molecule has 1 aromatic rings. The van der Waals surface area contributed by atoms with Gasteiger partial charge in [-0.3, -0.25) is 4.79 Å². The third-order valence-electron chi connectivity index (χ3n) is 4.07. The predicted octanol–water partition coefficient (Wildman–Crippen LogP) is 2.20. The lowest BCUT2D eigenvalue weighted by Gasteiger charge is -2.23. The van der Waals surface area contributed by atoms with E-state index in [0.717, 1.165) is 49.7 Å². The van der Waals surface area contributed by atoms with E-state index in [0.29, 0.717) is 0 Å². The Balaban J connectivity index is 1.43. The van der Waals surface area contributed by atoms with Crippen molar-refractivity contribution in [3.8, 4) is 0 Å². The van der Waals surface area contributed by atoms with Crippen molar-refractivity contribution < 1.29 is 4.79 Å². The highest BCUT2D eigenvalue weighted by molar-refractivity contribution is 7.13. The van der Waals surface area contributed by atoms with Crippen LogP contribution in [0.2, 0.25) is 0 Å². The van der Waals surface area contributed by atoms with Gasteiger partial charge in [-0.15, -0.1) is 11.3 Å². The summed E-state index contributed by atoms with van der Waals surface area (Å²) < 4.78 is 0. The fourth-order valence-electron chi connectivity index (χ4n) is 2.59. The second-order valence-electron chi connectivity index (χ2n) is 5.48. The van der Waals surface area contributed by atoms with E-state index in [4.69, 9.17) is 0 Å². The van der Waals surface area contributed by atoms with Crippen molar-refractivity contribution in [1.29, 1.82) is 0 Å². The van der Waals surface area contributed by atoms with Crippen LogP contribution in [0.4, 0.5) is 5.13 Å². The minimum atomic E-state index is 0.237. The van der Waals surface area contributed by atoms with E-state index in [9.17, 15) is 4.79 Å². The number of rotatable bonds is 5. The summed E-state index contributed by atoms with van der Waals surface area (Å²) in [6, 6.07) is 0. The van der Waals surface area contributed by atoms with Crippen LogP contribution < -0.4 is 10.2 Å². The highest BCUT2D eigenvalue weighted by Gasteiger charge is 2.24. The summed E-state index contributed by atoms with van der Waals surface area (Å²) in [5.41, 5.74) is 1.11. The van der Waals surface area contributed by atoms with Crippen LogP contribution >= 0.6 is 11.3 Å². The first-order valence-corrected chi connectivity index (χ1v) is 8.18. The van der Waals surface area contributed by atoms with Gasteiger partial charge in [-0.25, -0.2) is 4.98 Å². The number of nitrogens with zero attached hydrogens (tertiary/aromatic N) is 2. The molecule has 0 aromatic carbocycles. The molecule has 2 fully saturated rings. The molecule has 0 atom stereocenters. The lowest BCUT2D eigenvalue weighted by molar-refractivity contribution is -0.127. The molecule has 0 spiro atoms. The van der Waals surface area contributed by atoms with Gasteiger partial charge in [0.05, 0.1) is 5.69 Å². The average molecular weight is 279 g/mol. The molecule has 1 saturated heterocycles. The summed E-state index contributed by atoms with van der Waals surface area (Å²) >= 11 is 1.73. The number of aromatic nitrogens is 1. The third kappa shape index (κ3) is 3.08. The van der Waals surface area contributed by atoms with Gasteiger partial charge in [-0.05, 0) is 25.7 Å². The van der Waals surface area contributed by atoms with E-state index < -0.39 is 0 Å². The molecule has 3 rings (SSSR count).